The number of aromatic nitrogens is 3. The van der Waals surface area contributed by atoms with Crippen molar-refractivity contribution in [3.05, 3.63) is 81.9 Å². The van der Waals surface area contributed by atoms with E-state index < -0.39 is 0 Å². The van der Waals surface area contributed by atoms with Gasteiger partial charge in [-0.15, -0.1) is 0 Å². The van der Waals surface area contributed by atoms with Crippen molar-refractivity contribution >= 4 is 16.9 Å². The van der Waals surface area contributed by atoms with Crippen LogP contribution in [0.4, 0.5) is 0 Å². The lowest BCUT2D eigenvalue weighted by molar-refractivity contribution is 0.0733. The van der Waals surface area contributed by atoms with Gasteiger partial charge in [0.25, 0.3) is 5.91 Å². The number of carbonyl (C=O) groups excluding carboxylic acids is 1. The molecule has 0 bridgehead atoms. The molecule has 6 heteroatoms. The molecule has 1 atom stereocenters. The average Bonchev–Trinajstić information content (AvgIpc) is 3.27. The smallest absolute Gasteiger partial charge is 0.254 e. The van der Waals surface area contributed by atoms with Crippen LogP contribution < -0.4 is 5.32 Å². The molecule has 2 aliphatic rings. The topological polar surface area (TPSA) is 73.9 Å². The van der Waals surface area contributed by atoms with Crippen LogP contribution in [0, 0.1) is 20.8 Å². The Labute approximate surface area is 212 Å². The van der Waals surface area contributed by atoms with Crippen LogP contribution in [0.5, 0.6) is 0 Å². The highest BCUT2D eigenvalue weighted by molar-refractivity contribution is 5.94. The third-order valence-corrected chi connectivity index (χ3v) is 7.75. The zero-order chi connectivity index (χ0) is 24.8. The predicted octanol–water partition coefficient (Wildman–Crippen LogP) is 5.56. The summed E-state index contributed by atoms with van der Waals surface area (Å²) in [5.41, 5.74) is 11.0. The normalized spacial score (nSPS) is 17.9. The number of H-pyrrole nitrogens is 1. The summed E-state index contributed by atoms with van der Waals surface area (Å²) >= 11 is 0. The first kappa shape index (κ1) is 22.9. The summed E-state index contributed by atoms with van der Waals surface area (Å²) in [4.78, 5) is 27.9. The van der Waals surface area contributed by atoms with Crippen molar-refractivity contribution in [2.24, 2.45) is 0 Å². The van der Waals surface area contributed by atoms with E-state index in [1.165, 1.54) is 46.0 Å². The standard InChI is InChI=1S/C30H33N5O/c1-18-15-32-29-25(18)14-24(16-33-29)22-12-21-7-9-35(30(36)23-10-19(2)34-20(3)11-23)17-27(21)26(13-22)28-6-4-5-8-31-28/h10-16,28,31H,4-9,17H2,1-3H3,(H,32,33). The summed E-state index contributed by atoms with van der Waals surface area (Å²) in [5.74, 6) is 0.0958. The van der Waals surface area contributed by atoms with Crippen molar-refractivity contribution in [1.82, 2.24) is 25.2 Å². The van der Waals surface area contributed by atoms with Gasteiger partial charge in [-0.25, -0.2) is 4.98 Å². The van der Waals surface area contributed by atoms with E-state index in [1.807, 2.05) is 43.3 Å². The number of hydrogen-bond acceptors (Lipinski definition) is 4. The van der Waals surface area contributed by atoms with E-state index in [-0.39, 0.29) is 5.91 Å². The Morgan fingerprint density at radius 2 is 1.86 bits per heavy atom. The van der Waals surface area contributed by atoms with Gasteiger partial charge in [-0.3, -0.25) is 9.78 Å². The van der Waals surface area contributed by atoms with E-state index in [2.05, 4.69) is 45.4 Å². The van der Waals surface area contributed by atoms with Gasteiger partial charge in [-0.1, -0.05) is 12.5 Å². The van der Waals surface area contributed by atoms with Gasteiger partial charge in [-0.2, -0.15) is 0 Å². The molecule has 1 saturated heterocycles. The van der Waals surface area contributed by atoms with Crippen molar-refractivity contribution < 1.29 is 4.79 Å². The van der Waals surface area contributed by atoms with E-state index in [1.54, 1.807) is 0 Å². The molecule has 0 aliphatic carbocycles. The molecule has 3 aromatic heterocycles. The summed E-state index contributed by atoms with van der Waals surface area (Å²) < 4.78 is 0. The summed E-state index contributed by atoms with van der Waals surface area (Å²) in [6.07, 6.45) is 8.42. The summed E-state index contributed by atoms with van der Waals surface area (Å²) in [7, 11) is 0. The average molecular weight is 480 g/mol. The number of piperidine rings is 1. The Morgan fingerprint density at radius 1 is 1.03 bits per heavy atom. The highest BCUT2D eigenvalue weighted by Gasteiger charge is 2.28. The van der Waals surface area contributed by atoms with E-state index in [0.717, 1.165) is 54.1 Å². The van der Waals surface area contributed by atoms with Crippen LogP contribution in [-0.2, 0) is 13.0 Å². The number of amides is 1. The van der Waals surface area contributed by atoms with Crippen LogP contribution in [0.3, 0.4) is 0 Å². The molecule has 1 aromatic carbocycles. The van der Waals surface area contributed by atoms with Crippen molar-refractivity contribution in [3.8, 4) is 11.1 Å². The highest BCUT2D eigenvalue weighted by Crippen LogP contribution is 2.36. The molecule has 184 valence electrons. The molecule has 5 heterocycles. The van der Waals surface area contributed by atoms with E-state index in [0.29, 0.717) is 12.6 Å². The van der Waals surface area contributed by atoms with Crippen LogP contribution in [0.15, 0.2) is 42.7 Å². The second kappa shape index (κ2) is 9.17. The monoisotopic (exact) mass is 479 g/mol. The molecule has 1 unspecified atom stereocenters. The number of aromatic amines is 1. The number of nitrogens with one attached hydrogen (secondary N) is 2. The third kappa shape index (κ3) is 4.20. The van der Waals surface area contributed by atoms with Crippen LogP contribution in [0.1, 0.15) is 69.3 Å². The van der Waals surface area contributed by atoms with Gasteiger partial charge < -0.3 is 15.2 Å². The number of rotatable bonds is 3. The molecule has 0 spiro atoms. The molecular weight excluding hydrogens is 446 g/mol. The second-order valence-electron chi connectivity index (χ2n) is 10.4. The van der Waals surface area contributed by atoms with Gasteiger partial charge in [0, 0.05) is 59.4 Å². The maximum absolute atomic E-state index is 13.5. The molecule has 6 nitrogen and oxygen atoms in total. The van der Waals surface area contributed by atoms with Crippen molar-refractivity contribution in [2.75, 3.05) is 13.1 Å². The molecule has 2 N–H and O–H groups in total. The number of nitrogens with zero attached hydrogens (tertiary/aromatic N) is 3. The van der Waals surface area contributed by atoms with E-state index >= 15 is 0 Å². The molecule has 4 aromatic rings. The third-order valence-electron chi connectivity index (χ3n) is 7.75. The number of carbonyl (C=O) groups is 1. The number of hydrogen-bond donors (Lipinski definition) is 2. The minimum Gasteiger partial charge on any atom is -0.346 e. The molecule has 36 heavy (non-hydrogen) atoms. The van der Waals surface area contributed by atoms with Gasteiger partial charge in [0.1, 0.15) is 5.65 Å². The minimum absolute atomic E-state index is 0.0958. The summed E-state index contributed by atoms with van der Waals surface area (Å²) in [5, 5.41) is 4.93. The van der Waals surface area contributed by atoms with Crippen LogP contribution in [-0.4, -0.2) is 38.8 Å². The van der Waals surface area contributed by atoms with Crippen molar-refractivity contribution in [3.63, 3.8) is 0 Å². The quantitative estimate of drug-likeness (QED) is 0.403. The predicted molar refractivity (Wildman–Crippen MR) is 143 cm³/mol. The Kier molecular flexibility index (Phi) is 5.84. The largest absolute Gasteiger partial charge is 0.346 e. The van der Waals surface area contributed by atoms with Gasteiger partial charge in [0.05, 0.1) is 0 Å². The number of pyridine rings is 2. The lowest BCUT2D eigenvalue weighted by Gasteiger charge is -2.34. The van der Waals surface area contributed by atoms with Gasteiger partial charge in [-0.05, 0) is 98.7 Å². The van der Waals surface area contributed by atoms with Gasteiger partial charge >= 0.3 is 0 Å². The minimum atomic E-state index is 0.0958. The van der Waals surface area contributed by atoms with Crippen molar-refractivity contribution in [1.29, 1.82) is 0 Å². The fraction of sp³-hybridized carbons (Fsp3) is 0.367. The lowest BCUT2D eigenvalue weighted by atomic mass is 9.85. The SMILES string of the molecule is Cc1cc(C(=O)N2CCc3cc(-c4cnc5[nH]cc(C)c5c4)cc(C4CCCCN4)c3C2)cc(C)n1. The number of benzene rings is 1. The first-order valence-corrected chi connectivity index (χ1v) is 13.0. The van der Waals surface area contributed by atoms with Crippen LogP contribution in [0.25, 0.3) is 22.2 Å². The zero-order valence-electron chi connectivity index (χ0n) is 21.3. The van der Waals surface area contributed by atoms with Crippen LogP contribution in [0.2, 0.25) is 0 Å². The lowest BCUT2D eigenvalue weighted by Crippen LogP contribution is -2.38. The highest BCUT2D eigenvalue weighted by atomic mass is 16.2. The van der Waals surface area contributed by atoms with E-state index in [4.69, 9.17) is 0 Å². The first-order chi connectivity index (χ1) is 17.5. The van der Waals surface area contributed by atoms with Crippen LogP contribution >= 0.6 is 0 Å². The maximum Gasteiger partial charge on any atom is 0.254 e. The fourth-order valence-electron chi connectivity index (χ4n) is 5.90. The zero-order valence-corrected chi connectivity index (χ0v) is 21.3. The molecular formula is C30H33N5O. The molecule has 0 radical (unpaired) electrons. The Bertz CT molecular complexity index is 1440. The molecule has 1 amide bonds. The molecule has 6 rings (SSSR count). The Hall–Kier alpha value is -3.51. The summed E-state index contributed by atoms with van der Waals surface area (Å²) in [6.45, 7) is 8.43. The Morgan fingerprint density at radius 3 is 2.64 bits per heavy atom. The molecule has 0 saturated carbocycles. The number of fused-ring (bicyclic) bond motifs is 2. The molecule has 1 fully saturated rings. The first-order valence-electron chi connectivity index (χ1n) is 13.0. The molecule has 2 aliphatic heterocycles. The second-order valence-corrected chi connectivity index (χ2v) is 10.4. The Balaban J connectivity index is 1.40. The number of aryl methyl sites for hydroxylation is 3. The fourth-order valence-corrected chi connectivity index (χ4v) is 5.90. The van der Waals surface area contributed by atoms with Gasteiger partial charge in [0.2, 0.25) is 0 Å². The van der Waals surface area contributed by atoms with Crippen molar-refractivity contribution in [2.45, 2.75) is 59.0 Å². The summed E-state index contributed by atoms with van der Waals surface area (Å²) in [6, 6.07) is 11.1. The maximum atomic E-state index is 13.5. The van der Waals surface area contributed by atoms with Gasteiger partial charge in [0.15, 0.2) is 0 Å². The van der Waals surface area contributed by atoms with E-state index in [9.17, 15) is 4.79 Å².